The molecule has 5 heteroatoms. The van der Waals surface area contributed by atoms with Gasteiger partial charge in [-0.1, -0.05) is 26.0 Å². The number of nitrogens with two attached hydrogens (primary N) is 1. The monoisotopic (exact) mass is 353 g/mol. The highest BCUT2D eigenvalue weighted by Gasteiger charge is 2.31. The van der Waals surface area contributed by atoms with E-state index in [9.17, 15) is 4.79 Å². The zero-order valence-corrected chi connectivity index (χ0v) is 15.7. The highest BCUT2D eigenvalue weighted by molar-refractivity contribution is 5.97. The second kappa shape index (κ2) is 7.68. The number of carbonyl (C=O) groups is 1. The Hall–Kier alpha value is -2.69. The number of fused-ring (bicyclic) bond motifs is 1. The Morgan fingerprint density at radius 3 is 2.65 bits per heavy atom. The minimum atomic E-state index is -0.318. The lowest BCUT2D eigenvalue weighted by Gasteiger charge is -2.39. The van der Waals surface area contributed by atoms with Crippen molar-refractivity contribution in [1.29, 1.82) is 0 Å². The summed E-state index contributed by atoms with van der Waals surface area (Å²) in [6.07, 6.45) is 1.90. The Balaban J connectivity index is 1.79. The van der Waals surface area contributed by atoms with Gasteiger partial charge in [0.05, 0.1) is 12.2 Å². The van der Waals surface area contributed by atoms with Crippen LogP contribution in [0, 0.1) is 0 Å². The first-order chi connectivity index (χ1) is 12.5. The lowest BCUT2D eigenvalue weighted by atomic mass is 10.1. The fourth-order valence-electron chi connectivity index (χ4n) is 3.19. The van der Waals surface area contributed by atoms with Gasteiger partial charge in [0, 0.05) is 17.4 Å². The molecule has 3 N–H and O–H groups in total. The number of hydrogen-bond donors (Lipinski definition) is 2. The van der Waals surface area contributed by atoms with E-state index in [4.69, 9.17) is 10.5 Å². The smallest absolute Gasteiger partial charge is 0.246 e. The zero-order chi connectivity index (χ0) is 18.7. The van der Waals surface area contributed by atoms with Gasteiger partial charge in [-0.2, -0.15) is 0 Å². The Morgan fingerprint density at radius 1 is 1.27 bits per heavy atom. The molecular formula is C21H27N3O2. The molecule has 2 atom stereocenters. The van der Waals surface area contributed by atoms with Crippen LogP contribution < -0.4 is 20.7 Å². The van der Waals surface area contributed by atoms with E-state index in [0.29, 0.717) is 12.2 Å². The van der Waals surface area contributed by atoms with Crippen LogP contribution in [0.3, 0.4) is 0 Å². The summed E-state index contributed by atoms with van der Waals surface area (Å²) in [4.78, 5) is 14.9. The number of benzene rings is 2. The van der Waals surface area contributed by atoms with Crippen molar-refractivity contribution in [2.24, 2.45) is 0 Å². The lowest BCUT2D eigenvalue weighted by Crippen LogP contribution is -2.49. The summed E-state index contributed by atoms with van der Waals surface area (Å²) in [6, 6.07) is 13.3. The molecule has 0 saturated carbocycles. The van der Waals surface area contributed by atoms with E-state index < -0.39 is 0 Å². The van der Waals surface area contributed by atoms with E-state index in [1.165, 1.54) is 5.56 Å². The van der Waals surface area contributed by atoms with E-state index in [-0.39, 0.29) is 18.1 Å². The fraction of sp³-hybridized carbons (Fsp3) is 0.381. The predicted molar refractivity (Wildman–Crippen MR) is 107 cm³/mol. The molecule has 1 heterocycles. The van der Waals surface area contributed by atoms with Gasteiger partial charge in [0.15, 0.2) is 0 Å². The van der Waals surface area contributed by atoms with Gasteiger partial charge in [-0.3, -0.25) is 4.79 Å². The minimum absolute atomic E-state index is 0.0335. The molecule has 3 rings (SSSR count). The quantitative estimate of drug-likeness (QED) is 0.802. The van der Waals surface area contributed by atoms with Gasteiger partial charge < -0.3 is 20.7 Å². The van der Waals surface area contributed by atoms with Gasteiger partial charge in [-0.25, -0.2) is 0 Å². The van der Waals surface area contributed by atoms with Crippen LogP contribution in [-0.4, -0.2) is 24.6 Å². The molecule has 26 heavy (non-hydrogen) atoms. The van der Waals surface area contributed by atoms with Crippen molar-refractivity contribution in [3.05, 3.63) is 48.0 Å². The molecule has 0 aliphatic carbocycles. The SMILES string of the molecule is CCc1ccc(NC(=O)C(C)N2CC(CC)Oc3cc(N)ccc32)cc1. The summed E-state index contributed by atoms with van der Waals surface area (Å²) in [5, 5.41) is 3.02. The van der Waals surface area contributed by atoms with Crippen molar-refractivity contribution < 1.29 is 9.53 Å². The minimum Gasteiger partial charge on any atom is -0.486 e. The van der Waals surface area contributed by atoms with E-state index in [1.54, 1.807) is 0 Å². The second-order valence-corrected chi connectivity index (χ2v) is 6.74. The number of aryl methyl sites for hydroxylation is 1. The number of amides is 1. The Morgan fingerprint density at radius 2 is 2.00 bits per heavy atom. The van der Waals surface area contributed by atoms with Crippen molar-refractivity contribution in [2.45, 2.75) is 45.8 Å². The molecule has 1 amide bonds. The first-order valence-corrected chi connectivity index (χ1v) is 9.24. The van der Waals surface area contributed by atoms with Crippen LogP contribution in [-0.2, 0) is 11.2 Å². The summed E-state index contributed by atoms with van der Waals surface area (Å²) in [6.45, 7) is 6.80. The largest absolute Gasteiger partial charge is 0.486 e. The first-order valence-electron chi connectivity index (χ1n) is 9.24. The van der Waals surface area contributed by atoms with E-state index in [2.05, 4.69) is 24.1 Å². The number of rotatable bonds is 5. The van der Waals surface area contributed by atoms with Crippen LogP contribution in [0.5, 0.6) is 5.75 Å². The van der Waals surface area contributed by atoms with Crippen molar-refractivity contribution in [1.82, 2.24) is 0 Å². The average Bonchev–Trinajstić information content (AvgIpc) is 2.66. The average molecular weight is 353 g/mol. The number of hydrogen-bond acceptors (Lipinski definition) is 4. The van der Waals surface area contributed by atoms with Gasteiger partial charge in [0.25, 0.3) is 0 Å². The predicted octanol–water partition coefficient (Wildman–Crippen LogP) is 3.84. The number of ether oxygens (including phenoxy) is 1. The summed E-state index contributed by atoms with van der Waals surface area (Å²) in [5.74, 6) is 0.712. The molecule has 1 aliphatic rings. The van der Waals surface area contributed by atoms with E-state index in [0.717, 1.165) is 30.0 Å². The maximum Gasteiger partial charge on any atom is 0.246 e. The number of carbonyl (C=O) groups excluding carboxylic acids is 1. The summed E-state index contributed by atoms with van der Waals surface area (Å²) >= 11 is 0. The molecule has 0 aromatic heterocycles. The van der Waals surface area contributed by atoms with Gasteiger partial charge in [0.2, 0.25) is 5.91 Å². The highest BCUT2D eigenvalue weighted by atomic mass is 16.5. The Labute approximate surface area is 155 Å². The fourth-order valence-corrected chi connectivity index (χ4v) is 3.19. The van der Waals surface area contributed by atoms with Crippen molar-refractivity contribution in [3.8, 4) is 5.75 Å². The van der Waals surface area contributed by atoms with Crippen LogP contribution >= 0.6 is 0 Å². The van der Waals surface area contributed by atoms with Crippen LogP contribution in [0.4, 0.5) is 17.1 Å². The van der Waals surface area contributed by atoms with Crippen molar-refractivity contribution in [3.63, 3.8) is 0 Å². The normalized spacial score (nSPS) is 17.2. The topological polar surface area (TPSA) is 67.6 Å². The van der Waals surface area contributed by atoms with Crippen LogP contribution in [0.1, 0.15) is 32.8 Å². The number of nitrogens with zero attached hydrogens (tertiary/aromatic N) is 1. The maximum absolute atomic E-state index is 12.8. The molecule has 0 saturated heterocycles. The third-order valence-corrected chi connectivity index (χ3v) is 4.92. The van der Waals surface area contributed by atoms with Crippen molar-refractivity contribution in [2.75, 3.05) is 22.5 Å². The standard InChI is InChI=1S/C21H27N3O2/c1-4-15-6-9-17(10-7-15)23-21(25)14(3)24-13-18(5-2)26-20-12-16(22)8-11-19(20)24/h6-12,14,18H,4-5,13,22H2,1-3H3,(H,23,25). The summed E-state index contributed by atoms with van der Waals surface area (Å²) in [7, 11) is 0. The second-order valence-electron chi connectivity index (χ2n) is 6.74. The summed E-state index contributed by atoms with van der Waals surface area (Å²) < 4.78 is 6.01. The molecule has 138 valence electrons. The maximum atomic E-state index is 12.8. The molecule has 0 spiro atoms. The number of nitrogens with one attached hydrogen (secondary N) is 1. The molecule has 2 unspecified atom stereocenters. The molecule has 2 aromatic carbocycles. The van der Waals surface area contributed by atoms with E-state index in [1.807, 2.05) is 49.4 Å². The third-order valence-electron chi connectivity index (χ3n) is 4.92. The van der Waals surface area contributed by atoms with Crippen LogP contribution in [0.15, 0.2) is 42.5 Å². The van der Waals surface area contributed by atoms with Gasteiger partial charge in [-0.05, 0) is 49.6 Å². The van der Waals surface area contributed by atoms with Gasteiger partial charge in [0.1, 0.15) is 17.9 Å². The zero-order valence-electron chi connectivity index (χ0n) is 15.7. The highest BCUT2D eigenvalue weighted by Crippen LogP contribution is 2.37. The molecule has 5 nitrogen and oxygen atoms in total. The number of anilines is 3. The molecule has 0 radical (unpaired) electrons. The van der Waals surface area contributed by atoms with Crippen LogP contribution in [0.2, 0.25) is 0 Å². The summed E-state index contributed by atoms with van der Waals surface area (Å²) in [5.41, 5.74) is 9.54. The molecule has 0 bridgehead atoms. The molecule has 1 aliphatic heterocycles. The molecule has 2 aromatic rings. The first kappa shape index (κ1) is 18.1. The van der Waals surface area contributed by atoms with E-state index >= 15 is 0 Å². The molecule has 0 fully saturated rings. The third kappa shape index (κ3) is 3.77. The van der Waals surface area contributed by atoms with Gasteiger partial charge in [-0.15, -0.1) is 0 Å². The Kier molecular flexibility index (Phi) is 5.35. The van der Waals surface area contributed by atoms with Crippen molar-refractivity contribution >= 4 is 23.0 Å². The van der Waals surface area contributed by atoms with Crippen LogP contribution in [0.25, 0.3) is 0 Å². The van der Waals surface area contributed by atoms with Gasteiger partial charge >= 0.3 is 0 Å². The number of nitrogen functional groups attached to an aromatic ring is 1. The lowest BCUT2D eigenvalue weighted by molar-refractivity contribution is -0.117. The Bertz CT molecular complexity index is 773. The molecular weight excluding hydrogens is 326 g/mol.